The minimum atomic E-state index is -0.938. The molecule has 0 unspecified atom stereocenters. The van der Waals surface area contributed by atoms with Crippen molar-refractivity contribution < 1.29 is 14.7 Å². The van der Waals surface area contributed by atoms with E-state index in [1.54, 1.807) is 0 Å². The molecule has 0 radical (unpaired) electrons. The predicted molar refractivity (Wildman–Crippen MR) is 85.5 cm³/mol. The molecule has 1 saturated carbocycles. The average Bonchev–Trinajstić information content (AvgIpc) is 2.96. The van der Waals surface area contributed by atoms with Gasteiger partial charge in [-0.25, -0.2) is 0 Å². The number of carboxylic acids is 1. The van der Waals surface area contributed by atoms with Crippen molar-refractivity contribution in [2.75, 3.05) is 6.54 Å². The number of carbonyl (C=O) groups excluding carboxylic acids is 2. The highest BCUT2D eigenvalue weighted by atomic mass is 16.4. The number of aliphatic carboxylic acids is 1. The summed E-state index contributed by atoms with van der Waals surface area (Å²) < 4.78 is 0. The third kappa shape index (κ3) is 3.73. The largest absolute Gasteiger partial charge is 0.550 e. The maximum Gasteiger partial charge on any atom is 0.224 e. The molecule has 23 heavy (non-hydrogen) atoms. The fourth-order valence-corrected chi connectivity index (χ4v) is 3.37. The number of carboxylic acid groups (broad SMARTS) is 1. The van der Waals surface area contributed by atoms with Gasteiger partial charge in [0.15, 0.2) is 0 Å². The van der Waals surface area contributed by atoms with E-state index in [-0.39, 0.29) is 11.8 Å². The van der Waals surface area contributed by atoms with Crippen LogP contribution >= 0.6 is 0 Å². The third-order valence-electron chi connectivity index (χ3n) is 4.79. The van der Waals surface area contributed by atoms with Crippen molar-refractivity contribution in [1.29, 1.82) is 0 Å². The van der Waals surface area contributed by atoms with Gasteiger partial charge in [-0.3, -0.25) is 4.79 Å². The van der Waals surface area contributed by atoms with Crippen LogP contribution in [0.3, 0.4) is 0 Å². The summed E-state index contributed by atoms with van der Waals surface area (Å²) in [6.07, 6.45) is 5.24. The van der Waals surface area contributed by atoms with Crippen LogP contribution in [0.4, 0.5) is 0 Å². The Bertz CT molecular complexity index is 699. The minimum absolute atomic E-state index is 0.0109. The number of fused-ring (bicyclic) bond motifs is 1. The second-order valence-corrected chi connectivity index (χ2v) is 6.38. The minimum Gasteiger partial charge on any atom is -0.550 e. The van der Waals surface area contributed by atoms with Gasteiger partial charge in [0.25, 0.3) is 0 Å². The Morgan fingerprint density at radius 1 is 1.17 bits per heavy atom. The van der Waals surface area contributed by atoms with Crippen LogP contribution in [-0.2, 0) is 16.0 Å². The molecule has 1 amide bonds. The lowest BCUT2D eigenvalue weighted by Crippen LogP contribution is -2.37. The van der Waals surface area contributed by atoms with E-state index in [9.17, 15) is 14.7 Å². The molecule has 1 heterocycles. The normalized spacial score (nSPS) is 21.2. The van der Waals surface area contributed by atoms with Crippen molar-refractivity contribution in [3.8, 4) is 0 Å². The predicted octanol–water partition coefficient (Wildman–Crippen LogP) is 1.38. The van der Waals surface area contributed by atoms with Gasteiger partial charge in [0.05, 0.1) is 6.42 Å². The molecule has 2 aromatic rings. The fraction of sp³-hybridized carbons (Fsp3) is 0.444. The number of aromatic amines is 1. The van der Waals surface area contributed by atoms with E-state index in [1.807, 2.05) is 30.5 Å². The van der Waals surface area contributed by atoms with Crippen LogP contribution in [0, 0.1) is 11.8 Å². The van der Waals surface area contributed by atoms with Crippen LogP contribution in [0.5, 0.6) is 0 Å². The highest BCUT2D eigenvalue weighted by Gasteiger charge is 2.22. The van der Waals surface area contributed by atoms with Gasteiger partial charge in [-0.15, -0.1) is 0 Å². The Labute approximate surface area is 135 Å². The van der Waals surface area contributed by atoms with Crippen molar-refractivity contribution >= 4 is 22.8 Å². The molecule has 1 fully saturated rings. The second kappa shape index (κ2) is 6.86. The first-order chi connectivity index (χ1) is 11.1. The van der Waals surface area contributed by atoms with Crippen LogP contribution in [0.25, 0.3) is 10.9 Å². The quantitative estimate of drug-likeness (QED) is 0.874. The Kier molecular flexibility index (Phi) is 4.65. The summed E-state index contributed by atoms with van der Waals surface area (Å²) in [6.45, 7) is 0.626. The highest BCUT2D eigenvalue weighted by molar-refractivity contribution is 5.88. The lowest BCUT2D eigenvalue weighted by atomic mass is 9.82. The van der Waals surface area contributed by atoms with Crippen LogP contribution in [0.2, 0.25) is 0 Å². The molecule has 0 bridgehead atoms. The number of benzene rings is 1. The molecule has 122 valence electrons. The Balaban J connectivity index is 1.48. The lowest BCUT2D eigenvalue weighted by molar-refractivity contribution is -0.312. The molecule has 2 N–H and O–H groups in total. The molecule has 0 saturated heterocycles. The van der Waals surface area contributed by atoms with Crippen LogP contribution < -0.4 is 10.4 Å². The highest BCUT2D eigenvalue weighted by Crippen LogP contribution is 2.28. The summed E-state index contributed by atoms with van der Waals surface area (Å²) in [5.41, 5.74) is 2.04. The Morgan fingerprint density at radius 3 is 2.65 bits per heavy atom. The summed E-state index contributed by atoms with van der Waals surface area (Å²) >= 11 is 0. The number of carbonyl (C=O) groups is 2. The number of H-pyrrole nitrogens is 1. The first kappa shape index (κ1) is 15.6. The monoisotopic (exact) mass is 313 g/mol. The first-order valence-electron chi connectivity index (χ1n) is 8.16. The molecule has 1 aliphatic rings. The van der Waals surface area contributed by atoms with E-state index in [2.05, 4.69) is 10.3 Å². The zero-order valence-electron chi connectivity index (χ0n) is 13.0. The molecule has 1 aromatic heterocycles. The van der Waals surface area contributed by atoms with Gasteiger partial charge in [-0.1, -0.05) is 18.2 Å². The van der Waals surface area contributed by atoms with Gasteiger partial charge in [0.2, 0.25) is 5.91 Å². The third-order valence-corrected chi connectivity index (χ3v) is 4.79. The van der Waals surface area contributed by atoms with Crippen molar-refractivity contribution in [3.63, 3.8) is 0 Å². The molecule has 3 rings (SSSR count). The number of hydrogen-bond acceptors (Lipinski definition) is 3. The Hall–Kier alpha value is -2.30. The number of nitrogens with one attached hydrogen (secondary N) is 2. The standard InChI is InChI=1S/C18H22N2O3/c21-17(9-14-11-19-16-4-2-1-3-15(14)16)20-10-12-5-7-13(8-6-12)18(22)23/h1-4,11-13,19H,5-10H2,(H,20,21)(H,22,23)/p-1. The second-order valence-electron chi connectivity index (χ2n) is 6.38. The van der Waals surface area contributed by atoms with Crippen molar-refractivity contribution in [1.82, 2.24) is 10.3 Å². The van der Waals surface area contributed by atoms with Gasteiger partial charge in [-0.05, 0) is 49.1 Å². The van der Waals surface area contributed by atoms with Gasteiger partial charge >= 0.3 is 0 Å². The van der Waals surface area contributed by atoms with Crippen molar-refractivity contribution in [3.05, 3.63) is 36.0 Å². The molecular formula is C18H21N2O3-. The van der Waals surface area contributed by atoms with Crippen molar-refractivity contribution in [2.45, 2.75) is 32.1 Å². The zero-order valence-corrected chi connectivity index (χ0v) is 13.0. The Morgan fingerprint density at radius 2 is 1.91 bits per heavy atom. The molecule has 0 spiro atoms. The summed E-state index contributed by atoms with van der Waals surface area (Å²) in [5.74, 6) is -0.866. The summed E-state index contributed by atoms with van der Waals surface area (Å²) in [7, 11) is 0. The molecule has 0 aliphatic heterocycles. The zero-order chi connectivity index (χ0) is 16.2. The average molecular weight is 313 g/mol. The molecule has 5 heteroatoms. The number of aromatic nitrogens is 1. The topological polar surface area (TPSA) is 85.0 Å². The smallest absolute Gasteiger partial charge is 0.224 e. The molecular weight excluding hydrogens is 292 g/mol. The lowest BCUT2D eigenvalue weighted by Gasteiger charge is -2.29. The summed E-state index contributed by atoms with van der Waals surface area (Å²) in [5, 5.41) is 14.9. The summed E-state index contributed by atoms with van der Waals surface area (Å²) in [6, 6.07) is 7.93. The van der Waals surface area contributed by atoms with Crippen molar-refractivity contribution in [2.24, 2.45) is 11.8 Å². The van der Waals surface area contributed by atoms with Crippen LogP contribution in [0.1, 0.15) is 31.2 Å². The molecule has 1 aromatic carbocycles. The van der Waals surface area contributed by atoms with E-state index >= 15 is 0 Å². The van der Waals surface area contributed by atoms with E-state index in [0.29, 0.717) is 31.7 Å². The number of rotatable bonds is 5. The summed E-state index contributed by atoms with van der Waals surface area (Å²) in [4.78, 5) is 26.1. The maximum atomic E-state index is 12.1. The van der Waals surface area contributed by atoms with Crippen LogP contribution in [0.15, 0.2) is 30.5 Å². The number of para-hydroxylation sites is 1. The number of hydrogen-bond donors (Lipinski definition) is 2. The van der Waals surface area contributed by atoms with Gasteiger partial charge in [0.1, 0.15) is 0 Å². The molecule has 0 atom stereocenters. The molecule has 1 aliphatic carbocycles. The fourth-order valence-electron chi connectivity index (χ4n) is 3.37. The van der Waals surface area contributed by atoms with E-state index in [4.69, 9.17) is 0 Å². The number of amides is 1. The van der Waals surface area contributed by atoms with E-state index in [0.717, 1.165) is 29.3 Å². The SMILES string of the molecule is O=C(Cc1c[nH]c2ccccc12)NCC1CCC(C(=O)[O-])CC1. The first-order valence-corrected chi connectivity index (χ1v) is 8.16. The van der Waals surface area contributed by atoms with Gasteiger partial charge in [0, 0.05) is 29.6 Å². The maximum absolute atomic E-state index is 12.1. The van der Waals surface area contributed by atoms with Gasteiger partial charge < -0.3 is 20.2 Å². The van der Waals surface area contributed by atoms with Gasteiger partial charge in [-0.2, -0.15) is 0 Å². The van der Waals surface area contributed by atoms with E-state index in [1.165, 1.54) is 0 Å². The van der Waals surface area contributed by atoms with E-state index < -0.39 is 5.97 Å². The van der Waals surface area contributed by atoms with Crippen LogP contribution in [-0.4, -0.2) is 23.4 Å². The molecule has 5 nitrogen and oxygen atoms in total.